The van der Waals surface area contributed by atoms with Gasteiger partial charge in [0, 0.05) is 25.4 Å². The number of likely N-dealkylation sites (N-methyl/N-ethyl adjacent to an activating group) is 1. The number of carbonyl (C=O) groups is 1. The van der Waals surface area contributed by atoms with Crippen molar-refractivity contribution in [1.29, 1.82) is 0 Å². The summed E-state index contributed by atoms with van der Waals surface area (Å²) in [6, 6.07) is 3.33. The highest BCUT2D eigenvalue weighted by Gasteiger charge is 2.41. The molecule has 1 aliphatic rings. The molecule has 0 saturated carbocycles. The third-order valence-corrected chi connectivity index (χ3v) is 6.52. The van der Waals surface area contributed by atoms with Gasteiger partial charge in [0.05, 0.1) is 17.9 Å². The topological polar surface area (TPSA) is 117 Å². The highest BCUT2D eigenvalue weighted by molar-refractivity contribution is 7.87. The molecule has 1 saturated heterocycles. The summed E-state index contributed by atoms with van der Waals surface area (Å²) in [5.41, 5.74) is 2.66. The van der Waals surface area contributed by atoms with Gasteiger partial charge in [-0.2, -0.15) is 22.5 Å². The maximum absolute atomic E-state index is 12.8. The summed E-state index contributed by atoms with van der Waals surface area (Å²) in [7, 11) is -0.721. The Balaban J connectivity index is 1.89. The van der Waals surface area contributed by atoms with Crippen molar-refractivity contribution < 1.29 is 18.3 Å². The number of nitrogens with zero attached hydrogens (tertiary/aromatic N) is 3. The second-order valence-electron chi connectivity index (χ2n) is 6.76. The number of aromatic nitrogens is 2. The van der Waals surface area contributed by atoms with E-state index in [2.05, 4.69) is 15.1 Å². The van der Waals surface area contributed by atoms with Crippen LogP contribution in [0.1, 0.15) is 29.3 Å². The van der Waals surface area contributed by atoms with E-state index in [0.717, 1.165) is 21.1 Å². The van der Waals surface area contributed by atoms with E-state index in [-0.39, 0.29) is 17.9 Å². The van der Waals surface area contributed by atoms with Gasteiger partial charge in [0.1, 0.15) is 11.8 Å². The molecule has 3 rings (SSSR count). The zero-order chi connectivity index (χ0) is 19.9. The third kappa shape index (κ3) is 3.68. The predicted octanol–water partition coefficient (Wildman–Crippen LogP) is 0.961. The molecule has 2 heterocycles. The molecule has 1 aromatic heterocycles. The first-order chi connectivity index (χ1) is 12.6. The Hall–Kier alpha value is -2.43. The Morgan fingerprint density at radius 2 is 2.04 bits per heavy atom. The van der Waals surface area contributed by atoms with E-state index >= 15 is 0 Å². The quantitative estimate of drug-likeness (QED) is 0.672. The molecule has 10 heteroatoms. The van der Waals surface area contributed by atoms with Gasteiger partial charge < -0.3 is 10.4 Å². The third-order valence-electron chi connectivity index (χ3n) is 4.93. The van der Waals surface area contributed by atoms with Crippen molar-refractivity contribution in [1.82, 2.24) is 18.8 Å². The molecule has 2 atom stereocenters. The van der Waals surface area contributed by atoms with Gasteiger partial charge in [0.2, 0.25) is 5.91 Å². The van der Waals surface area contributed by atoms with Crippen molar-refractivity contribution in [3.8, 4) is 5.75 Å². The van der Waals surface area contributed by atoms with Gasteiger partial charge in [0.15, 0.2) is 0 Å². The number of phenolic OH excluding ortho intramolecular Hbond substituents is 1. The number of aromatic hydroxyl groups is 1. The number of hydrogen-bond acceptors (Lipinski definition) is 5. The molecule has 0 bridgehead atoms. The lowest BCUT2D eigenvalue weighted by Gasteiger charge is -2.36. The van der Waals surface area contributed by atoms with Crippen molar-refractivity contribution in [2.45, 2.75) is 32.4 Å². The van der Waals surface area contributed by atoms with E-state index in [4.69, 9.17) is 0 Å². The average molecular weight is 393 g/mol. The van der Waals surface area contributed by atoms with Crippen LogP contribution < -0.4 is 10.0 Å². The number of rotatable bonds is 3. The molecule has 3 N–H and O–H groups in total. The van der Waals surface area contributed by atoms with Crippen LogP contribution in [0.25, 0.3) is 0 Å². The summed E-state index contributed by atoms with van der Waals surface area (Å²) in [5.74, 6) is -0.580. The van der Waals surface area contributed by atoms with E-state index in [0.29, 0.717) is 0 Å². The maximum Gasteiger partial charge on any atom is 0.280 e. The highest BCUT2D eigenvalue weighted by Crippen LogP contribution is 2.31. The van der Waals surface area contributed by atoms with Crippen LogP contribution in [0, 0.1) is 13.8 Å². The number of carbonyl (C=O) groups excluding carboxylic acids is 1. The molecule has 1 aliphatic heterocycles. The fourth-order valence-corrected chi connectivity index (χ4v) is 4.40. The standard InChI is InChI=1S/C17H23N5O4S/c1-10-5-6-16(23)14(7-10)19-17(24)15-8-13(20-27(25,26)22(15)4)12-9-18-21(3)11(12)2/h5-7,9,13,15,20,23H,8H2,1-4H3,(H,19,24)/t13-,15+/m0/s1. The predicted molar refractivity (Wildman–Crippen MR) is 100 cm³/mol. The lowest BCUT2D eigenvalue weighted by molar-refractivity contribution is -0.120. The van der Waals surface area contributed by atoms with Crippen LogP contribution in [0.4, 0.5) is 5.69 Å². The van der Waals surface area contributed by atoms with Gasteiger partial charge >= 0.3 is 0 Å². The van der Waals surface area contributed by atoms with Crippen LogP contribution in [-0.2, 0) is 22.1 Å². The Labute approximate surface area is 158 Å². The number of hydrogen-bond donors (Lipinski definition) is 3. The maximum atomic E-state index is 12.8. The fourth-order valence-electron chi connectivity index (χ4n) is 3.14. The van der Waals surface area contributed by atoms with Crippen LogP contribution in [0.3, 0.4) is 0 Å². The number of amides is 1. The van der Waals surface area contributed by atoms with Gasteiger partial charge in [-0.15, -0.1) is 0 Å². The second-order valence-corrected chi connectivity index (χ2v) is 8.52. The molecule has 2 aromatic rings. The van der Waals surface area contributed by atoms with Crippen LogP contribution in [-0.4, -0.2) is 46.6 Å². The molecule has 27 heavy (non-hydrogen) atoms. The minimum absolute atomic E-state index is 0.0759. The van der Waals surface area contributed by atoms with Crippen LogP contribution in [0.2, 0.25) is 0 Å². The molecule has 0 spiro atoms. The van der Waals surface area contributed by atoms with Crippen LogP contribution in [0.15, 0.2) is 24.4 Å². The molecule has 1 aromatic carbocycles. The molecule has 0 aliphatic carbocycles. The largest absolute Gasteiger partial charge is 0.506 e. The number of nitrogens with one attached hydrogen (secondary N) is 2. The summed E-state index contributed by atoms with van der Waals surface area (Å²) in [6.07, 6.45) is 1.84. The van der Waals surface area contributed by atoms with Gasteiger partial charge in [-0.25, -0.2) is 0 Å². The Bertz CT molecular complexity index is 985. The molecule has 1 fully saturated rings. The molecular formula is C17H23N5O4S. The number of phenols is 1. The van der Waals surface area contributed by atoms with Crippen LogP contribution in [0.5, 0.6) is 5.75 Å². The van der Waals surface area contributed by atoms with E-state index in [1.165, 1.54) is 13.1 Å². The zero-order valence-corrected chi connectivity index (χ0v) is 16.4. The van der Waals surface area contributed by atoms with Crippen LogP contribution >= 0.6 is 0 Å². The molecule has 9 nitrogen and oxygen atoms in total. The minimum Gasteiger partial charge on any atom is -0.506 e. The SMILES string of the molecule is Cc1ccc(O)c(NC(=O)[C@H]2C[C@@H](c3cnn(C)c3C)NS(=O)(=O)N2C)c1. The molecular weight excluding hydrogens is 370 g/mol. The van der Waals surface area contributed by atoms with Gasteiger partial charge in [-0.3, -0.25) is 9.48 Å². The fraction of sp³-hybridized carbons (Fsp3) is 0.412. The van der Waals surface area contributed by atoms with Gasteiger partial charge in [0.25, 0.3) is 10.2 Å². The minimum atomic E-state index is -3.85. The van der Waals surface area contributed by atoms with Gasteiger partial charge in [-0.05, 0) is 38.0 Å². The average Bonchev–Trinajstić information content (AvgIpc) is 2.92. The first-order valence-corrected chi connectivity index (χ1v) is 9.88. The van der Waals surface area contributed by atoms with Gasteiger partial charge in [-0.1, -0.05) is 6.07 Å². The lowest BCUT2D eigenvalue weighted by Crippen LogP contribution is -2.56. The van der Waals surface area contributed by atoms with Crippen molar-refractivity contribution >= 4 is 21.8 Å². The zero-order valence-electron chi connectivity index (χ0n) is 15.6. The smallest absolute Gasteiger partial charge is 0.280 e. The second kappa shape index (κ2) is 6.95. The molecule has 146 valence electrons. The van der Waals surface area contributed by atoms with E-state index in [1.54, 1.807) is 30.1 Å². The number of benzene rings is 1. The molecule has 0 radical (unpaired) electrons. The van der Waals surface area contributed by atoms with E-state index in [9.17, 15) is 18.3 Å². The lowest BCUT2D eigenvalue weighted by atomic mass is 10.00. The Kier molecular flexibility index (Phi) is 4.98. The first-order valence-electron chi connectivity index (χ1n) is 8.44. The molecule has 0 unspecified atom stereocenters. The van der Waals surface area contributed by atoms with Crippen molar-refractivity contribution in [2.24, 2.45) is 7.05 Å². The molecule has 1 amide bonds. The normalized spacial score (nSPS) is 22.5. The summed E-state index contributed by atoms with van der Waals surface area (Å²) in [6.45, 7) is 3.67. The van der Waals surface area contributed by atoms with Crippen molar-refractivity contribution in [2.75, 3.05) is 12.4 Å². The summed E-state index contributed by atoms with van der Waals surface area (Å²) < 4.78 is 30.3. The summed E-state index contributed by atoms with van der Waals surface area (Å²) in [5, 5.41) is 16.7. The van der Waals surface area contributed by atoms with Crippen molar-refractivity contribution in [3.63, 3.8) is 0 Å². The van der Waals surface area contributed by atoms with E-state index in [1.807, 2.05) is 13.8 Å². The Morgan fingerprint density at radius 3 is 2.67 bits per heavy atom. The van der Waals surface area contributed by atoms with Crippen molar-refractivity contribution in [3.05, 3.63) is 41.2 Å². The number of anilines is 1. The summed E-state index contributed by atoms with van der Waals surface area (Å²) >= 11 is 0. The monoisotopic (exact) mass is 393 g/mol. The highest BCUT2D eigenvalue weighted by atomic mass is 32.2. The number of aryl methyl sites for hydroxylation is 2. The Morgan fingerprint density at radius 1 is 1.33 bits per heavy atom. The summed E-state index contributed by atoms with van der Waals surface area (Å²) in [4.78, 5) is 12.8. The van der Waals surface area contributed by atoms with E-state index < -0.39 is 28.2 Å². The first kappa shape index (κ1) is 19.3.